The van der Waals surface area contributed by atoms with Gasteiger partial charge in [-0.05, 0) is 49.7 Å². The monoisotopic (exact) mass is 365 g/mol. The Morgan fingerprint density at radius 2 is 2.08 bits per heavy atom. The number of hydrogen-bond acceptors (Lipinski definition) is 4. The lowest BCUT2D eigenvalue weighted by Gasteiger charge is -2.26. The molecule has 0 fully saturated rings. The summed E-state index contributed by atoms with van der Waals surface area (Å²) >= 11 is 1.57. The van der Waals surface area contributed by atoms with E-state index in [4.69, 9.17) is 0 Å². The van der Waals surface area contributed by atoms with Gasteiger partial charge in [-0.1, -0.05) is 24.3 Å². The van der Waals surface area contributed by atoms with Crippen LogP contribution in [0.2, 0.25) is 0 Å². The number of aryl methyl sites for hydroxylation is 3. The van der Waals surface area contributed by atoms with Crippen LogP contribution in [0.1, 0.15) is 57.4 Å². The highest BCUT2D eigenvalue weighted by Crippen LogP contribution is 2.30. The second-order valence-corrected chi connectivity index (χ2v) is 8.10. The van der Waals surface area contributed by atoms with E-state index in [0.29, 0.717) is 4.96 Å². The van der Waals surface area contributed by atoms with Crippen LogP contribution in [0.5, 0.6) is 0 Å². The molecule has 5 rings (SSSR count). The highest BCUT2D eigenvalue weighted by Gasteiger charge is 2.25. The quantitative estimate of drug-likeness (QED) is 0.759. The largest absolute Gasteiger partial charge is 0.345 e. The first kappa shape index (κ1) is 15.8. The standard InChI is InChI=1S/C20H19N3O2S/c24-18(22-15-8-3-6-12-5-1-2-7-13(12)15)14-11-21-20-23(19(14)25)16-9-4-10-17(16)26-20/h1-2,5,7,11,15H,3-4,6,8-10H2,(H,22,24)/t15-/m1/s1. The molecule has 0 radical (unpaired) electrons. The molecule has 6 heteroatoms. The molecule has 1 N–H and O–H groups in total. The molecule has 5 nitrogen and oxygen atoms in total. The highest BCUT2D eigenvalue weighted by atomic mass is 32.1. The van der Waals surface area contributed by atoms with E-state index in [9.17, 15) is 9.59 Å². The van der Waals surface area contributed by atoms with Crippen LogP contribution in [-0.4, -0.2) is 15.3 Å². The van der Waals surface area contributed by atoms with Gasteiger partial charge in [0.05, 0.1) is 6.04 Å². The molecule has 0 aliphatic heterocycles. The average molecular weight is 365 g/mol. The van der Waals surface area contributed by atoms with E-state index >= 15 is 0 Å². The number of carbonyl (C=O) groups excluding carboxylic acids is 1. The zero-order valence-electron chi connectivity index (χ0n) is 14.3. The summed E-state index contributed by atoms with van der Waals surface area (Å²) < 4.78 is 1.65. The van der Waals surface area contributed by atoms with E-state index in [0.717, 1.165) is 49.8 Å². The molecular weight excluding hydrogens is 346 g/mol. The van der Waals surface area contributed by atoms with Crippen molar-refractivity contribution < 1.29 is 4.79 Å². The first-order chi connectivity index (χ1) is 12.7. The summed E-state index contributed by atoms with van der Waals surface area (Å²) in [6.07, 6.45) is 7.37. The summed E-state index contributed by atoms with van der Waals surface area (Å²) in [6.45, 7) is 0. The Morgan fingerprint density at radius 1 is 1.19 bits per heavy atom. The summed E-state index contributed by atoms with van der Waals surface area (Å²) in [7, 11) is 0. The Morgan fingerprint density at radius 3 is 3.00 bits per heavy atom. The predicted molar refractivity (Wildman–Crippen MR) is 101 cm³/mol. The average Bonchev–Trinajstić information content (AvgIpc) is 3.23. The highest BCUT2D eigenvalue weighted by molar-refractivity contribution is 7.17. The van der Waals surface area contributed by atoms with Crippen molar-refractivity contribution >= 4 is 22.2 Å². The molecule has 2 aliphatic rings. The van der Waals surface area contributed by atoms with E-state index in [1.54, 1.807) is 15.7 Å². The van der Waals surface area contributed by atoms with Gasteiger partial charge in [0.2, 0.25) is 0 Å². The van der Waals surface area contributed by atoms with Crippen LogP contribution in [0, 0.1) is 0 Å². The summed E-state index contributed by atoms with van der Waals surface area (Å²) in [4.78, 5) is 32.1. The van der Waals surface area contributed by atoms with Gasteiger partial charge in [-0.25, -0.2) is 4.98 Å². The summed E-state index contributed by atoms with van der Waals surface area (Å²) in [5, 5.41) is 3.07. The number of fused-ring (bicyclic) bond motifs is 4. The molecular formula is C20H19N3O2S. The first-order valence-corrected chi connectivity index (χ1v) is 9.95. The van der Waals surface area contributed by atoms with Gasteiger partial charge >= 0.3 is 0 Å². The molecule has 0 saturated carbocycles. The van der Waals surface area contributed by atoms with Gasteiger partial charge in [0.1, 0.15) is 5.56 Å². The van der Waals surface area contributed by atoms with Crippen molar-refractivity contribution in [2.45, 2.75) is 44.6 Å². The molecule has 132 valence electrons. The number of amides is 1. The number of rotatable bonds is 2. The Kier molecular flexibility index (Phi) is 3.67. The molecule has 2 aliphatic carbocycles. The van der Waals surface area contributed by atoms with Gasteiger partial charge in [0.15, 0.2) is 4.96 Å². The van der Waals surface area contributed by atoms with Crippen molar-refractivity contribution in [3.8, 4) is 0 Å². The fourth-order valence-electron chi connectivity index (χ4n) is 4.20. The first-order valence-electron chi connectivity index (χ1n) is 9.13. The van der Waals surface area contributed by atoms with Crippen LogP contribution >= 0.6 is 11.3 Å². The Balaban J connectivity index is 1.50. The van der Waals surface area contributed by atoms with Crippen LogP contribution < -0.4 is 10.9 Å². The van der Waals surface area contributed by atoms with Gasteiger partial charge in [0, 0.05) is 16.8 Å². The van der Waals surface area contributed by atoms with Gasteiger partial charge in [0.25, 0.3) is 11.5 Å². The molecule has 3 aromatic rings. The number of carbonyl (C=O) groups is 1. The maximum atomic E-state index is 12.9. The van der Waals surface area contributed by atoms with Gasteiger partial charge in [-0.2, -0.15) is 0 Å². The van der Waals surface area contributed by atoms with Crippen molar-refractivity contribution in [1.82, 2.24) is 14.7 Å². The molecule has 1 aromatic carbocycles. The number of aromatic nitrogens is 2. The third-order valence-corrected chi connectivity index (χ3v) is 6.63. The molecule has 1 atom stereocenters. The molecule has 1 amide bonds. The van der Waals surface area contributed by atoms with E-state index in [1.807, 2.05) is 12.1 Å². The molecule has 0 spiro atoms. The lowest BCUT2D eigenvalue weighted by Crippen LogP contribution is -2.35. The number of thiazole rings is 1. The maximum Gasteiger partial charge on any atom is 0.271 e. The van der Waals surface area contributed by atoms with Crippen LogP contribution in [0.25, 0.3) is 4.96 Å². The van der Waals surface area contributed by atoms with Crippen molar-refractivity contribution in [2.24, 2.45) is 0 Å². The predicted octanol–water partition coefficient (Wildman–Crippen LogP) is 3.05. The molecule has 0 unspecified atom stereocenters. The molecule has 0 saturated heterocycles. The zero-order chi connectivity index (χ0) is 17.7. The third kappa shape index (κ3) is 2.40. The maximum absolute atomic E-state index is 12.9. The van der Waals surface area contributed by atoms with Crippen LogP contribution in [0.4, 0.5) is 0 Å². The number of nitrogens with one attached hydrogen (secondary N) is 1. The number of nitrogens with zero attached hydrogens (tertiary/aromatic N) is 2. The van der Waals surface area contributed by atoms with Gasteiger partial charge < -0.3 is 5.32 Å². The Labute approximate surface area is 154 Å². The smallest absolute Gasteiger partial charge is 0.271 e. The van der Waals surface area contributed by atoms with E-state index < -0.39 is 0 Å². The Bertz CT molecular complexity index is 1080. The summed E-state index contributed by atoms with van der Waals surface area (Å²) in [5.41, 5.74) is 3.39. The number of hydrogen-bond donors (Lipinski definition) is 1. The van der Waals surface area contributed by atoms with Crippen LogP contribution in [0.3, 0.4) is 0 Å². The topological polar surface area (TPSA) is 63.5 Å². The van der Waals surface area contributed by atoms with Crippen molar-refractivity contribution in [3.05, 3.63) is 68.1 Å². The number of benzene rings is 1. The minimum atomic E-state index is -0.323. The third-order valence-electron chi connectivity index (χ3n) is 5.47. The molecule has 0 bridgehead atoms. The van der Waals surface area contributed by atoms with Crippen LogP contribution in [-0.2, 0) is 19.3 Å². The molecule has 2 heterocycles. The van der Waals surface area contributed by atoms with Crippen LogP contribution in [0.15, 0.2) is 35.3 Å². The fraction of sp³-hybridized carbons (Fsp3) is 0.350. The molecule has 2 aromatic heterocycles. The Hall–Kier alpha value is -2.47. The van der Waals surface area contributed by atoms with Gasteiger partial charge in [-0.15, -0.1) is 11.3 Å². The van der Waals surface area contributed by atoms with E-state index in [2.05, 4.69) is 22.4 Å². The fourth-order valence-corrected chi connectivity index (χ4v) is 5.37. The van der Waals surface area contributed by atoms with E-state index in [-0.39, 0.29) is 23.1 Å². The zero-order valence-corrected chi connectivity index (χ0v) is 15.1. The van der Waals surface area contributed by atoms with Crippen molar-refractivity contribution in [3.63, 3.8) is 0 Å². The van der Waals surface area contributed by atoms with Gasteiger partial charge in [-0.3, -0.25) is 14.0 Å². The molecule has 26 heavy (non-hydrogen) atoms. The van der Waals surface area contributed by atoms with Crippen molar-refractivity contribution in [1.29, 1.82) is 0 Å². The SMILES string of the molecule is O=C(N[C@@H]1CCCc2ccccc21)c1cnc2sc3c(n2c1=O)CCC3. The normalized spacial score (nSPS) is 18.5. The van der Waals surface area contributed by atoms with E-state index in [1.165, 1.54) is 16.6 Å². The lowest BCUT2D eigenvalue weighted by atomic mass is 9.87. The second kappa shape index (κ2) is 6.06. The lowest BCUT2D eigenvalue weighted by molar-refractivity contribution is 0.0930. The summed E-state index contributed by atoms with van der Waals surface area (Å²) in [5.74, 6) is -0.323. The minimum Gasteiger partial charge on any atom is -0.345 e. The summed E-state index contributed by atoms with van der Waals surface area (Å²) in [6, 6.07) is 8.18. The second-order valence-electron chi connectivity index (χ2n) is 7.04. The van der Waals surface area contributed by atoms with Crippen molar-refractivity contribution in [2.75, 3.05) is 0 Å². The minimum absolute atomic E-state index is 0.0410.